The second-order valence-electron chi connectivity index (χ2n) is 8.79. The van der Waals surface area contributed by atoms with E-state index in [1.165, 1.54) is 50.2 Å². The Morgan fingerprint density at radius 2 is 1.49 bits per heavy atom. The van der Waals surface area contributed by atoms with Crippen LogP contribution in [0.1, 0.15) is 75.8 Å². The molecule has 5 heteroatoms. The number of carbonyl (C=O) groups excluding carboxylic acids is 1. The highest BCUT2D eigenvalue weighted by molar-refractivity contribution is 5.91. The van der Waals surface area contributed by atoms with Gasteiger partial charge >= 0.3 is 0 Å². The van der Waals surface area contributed by atoms with Gasteiger partial charge in [-0.15, -0.1) is 0 Å². The van der Waals surface area contributed by atoms with E-state index in [-0.39, 0.29) is 5.91 Å². The fourth-order valence-electron chi connectivity index (χ4n) is 3.93. The third kappa shape index (κ3) is 11.3. The Kier molecular flexibility index (Phi) is 14.1. The molecule has 0 spiro atoms. The van der Waals surface area contributed by atoms with Crippen molar-refractivity contribution in [2.75, 3.05) is 27.4 Å². The van der Waals surface area contributed by atoms with Crippen LogP contribution in [0.2, 0.25) is 0 Å². The fraction of sp³-hybridized carbons (Fsp3) is 0.500. The molecule has 192 valence electrons. The van der Waals surface area contributed by atoms with Crippen molar-refractivity contribution >= 4 is 12.0 Å². The molecule has 5 nitrogen and oxygen atoms in total. The van der Waals surface area contributed by atoms with Crippen molar-refractivity contribution in [3.8, 4) is 17.2 Å². The minimum atomic E-state index is -0.119. The van der Waals surface area contributed by atoms with Crippen molar-refractivity contribution in [3.63, 3.8) is 0 Å². The van der Waals surface area contributed by atoms with Gasteiger partial charge in [-0.05, 0) is 48.6 Å². The highest BCUT2D eigenvalue weighted by atomic mass is 16.5. The lowest BCUT2D eigenvalue weighted by atomic mass is 10.1. The first-order valence-electron chi connectivity index (χ1n) is 13.1. The summed E-state index contributed by atoms with van der Waals surface area (Å²) in [4.78, 5) is 12.2. The van der Waals surface area contributed by atoms with E-state index in [9.17, 15) is 4.79 Å². The summed E-state index contributed by atoms with van der Waals surface area (Å²) in [5.74, 6) is 1.70. The van der Waals surface area contributed by atoms with Gasteiger partial charge in [0.25, 0.3) is 0 Å². The molecule has 0 aromatic heterocycles. The number of rotatable bonds is 18. The van der Waals surface area contributed by atoms with E-state index in [4.69, 9.17) is 14.2 Å². The molecule has 2 rings (SSSR count). The van der Waals surface area contributed by atoms with Gasteiger partial charge in [-0.2, -0.15) is 0 Å². The lowest BCUT2D eigenvalue weighted by Gasteiger charge is -2.15. The Balaban J connectivity index is 1.79. The number of aryl methyl sites for hydroxylation is 1. The van der Waals surface area contributed by atoms with Gasteiger partial charge in [0, 0.05) is 12.6 Å². The Morgan fingerprint density at radius 3 is 2.11 bits per heavy atom. The highest BCUT2D eigenvalue weighted by Gasteiger charge is 2.13. The molecule has 35 heavy (non-hydrogen) atoms. The molecule has 0 bridgehead atoms. The molecule has 0 fully saturated rings. The number of methoxy groups -OCH3 is 2. The molecule has 1 N–H and O–H groups in total. The zero-order valence-electron chi connectivity index (χ0n) is 21.8. The van der Waals surface area contributed by atoms with Crippen LogP contribution in [-0.2, 0) is 11.2 Å². The molecular weight excluding hydrogens is 438 g/mol. The SMILES string of the molecule is CCCCCCCCCCOc1c(OC)cc(/C=C/C(=O)NCCCc2ccccc2)cc1OC. The lowest BCUT2D eigenvalue weighted by molar-refractivity contribution is -0.116. The van der Waals surface area contributed by atoms with Crippen LogP contribution < -0.4 is 19.5 Å². The Labute approximate surface area is 211 Å². The molecule has 0 saturated carbocycles. The van der Waals surface area contributed by atoms with Crippen LogP contribution in [0.4, 0.5) is 0 Å². The Morgan fingerprint density at radius 1 is 0.857 bits per heavy atom. The van der Waals surface area contributed by atoms with Crippen LogP contribution in [0.5, 0.6) is 17.2 Å². The highest BCUT2D eigenvalue weighted by Crippen LogP contribution is 2.39. The smallest absolute Gasteiger partial charge is 0.243 e. The summed E-state index contributed by atoms with van der Waals surface area (Å²) >= 11 is 0. The Hall–Kier alpha value is -2.95. The average Bonchev–Trinajstić information content (AvgIpc) is 2.89. The molecule has 0 aliphatic carbocycles. The van der Waals surface area contributed by atoms with Crippen molar-refractivity contribution < 1.29 is 19.0 Å². The molecule has 0 saturated heterocycles. The third-order valence-corrected chi connectivity index (χ3v) is 5.94. The van der Waals surface area contributed by atoms with E-state index < -0.39 is 0 Å². The number of amides is 1. The van der Waals surface area contributed by atoms with Crippen molar-refractivity contribution in [1.82, 2.24) is 5.32 Å². The summed E-state index contributed by atoms with van der Waals surface area (Å²) in [7, 11) is 3.23. The number of carbonyl (C=O) groups is 1. The molecule has 0 unspecified atom stereocenters. The summed E-state index contributed by atoms with van der Waals surface area (Å²) < 4.78 is 17.1. The van der Waals surface area contributed by atoms with Gasteiger partial charge in [0.05, 0.1) is 20.8 Å². The van der Waals surface area contributed by atoms with E-state index in [2.05, 4.69) is 24.4 Å². The molecule has 2 aromatic rings. The van der Waals surface area contributed by atoms with E-state index in [1.807, 2.05) is 30.3 Å². The van der Waals surface area contributed by atoms with E-state index in [1.54, 1.807) is 20.3 Å². The van der Waals surface area contributed by atoms with Gasteiger partial charge in [-0.3, -0.25) is 4.79 Å². The molecule has 2 aromatic carbocycles. The van der Waals surface area contributed by atoms with Crippen molar-refractivity contribution in [2.45, 2.75) is 71.1 Å². The van der Waals surface area contributed by atoms with Crippen molar-refractivity contribution in [3.05, 3.63) is 59.7 Å². The van der Waals surface area contributed by atoms with Gasteiger partial charge in [0.15, 0.2) is 11.5 Å². The summed E-state index contributed by atoms with van der Waals surface area (Å²) in [6.07, 6.45) is 15.2. The molecule has 0 atom stereocenters. The fourth-order valence-corrected chi connectivity index (χ4v) is 3.93. The predicted octanol–water partition coefficient (Wildman–Crippen LogP) is 6.99. The zero-order valence-corrected chi connectivity index (χ0v) is 21.8. The van der Waals surface area contributed by atoms with Crippen molar-refractivity contribution in [1.29, 1.82) is 0 Å². The summed E-state index contributed by atoms with van der Waals surface area (Å²) in [6, 6.07) is 14.0. The van der Waals surface area contributed by atoms with E-state index in [0.29, 0.717) is 30.4 Å². The second kappa shape index (κ2) is 17.5. The summed E-state index contributed by atoms with van der Waals surface area (Å²) in [6.45, 7) is 3.51. The standard InChI is InChI=1S/C30H43NO4/c1-4-5-6-7-8-9-10-14-22-35-30-27(33-2)23-26(24-28(30)34-3)19-20-29(32)31-21-15-18-25-16-12-11-13-17-25/h11-13,16-17,19-20,23-24H,4-10,14-15,18,21-22H2,1-3H3,(H,31,32)/b20-19+. The summed E-state index contributed by atoms with van der Waals surface area (Å²) in [5, 5.41) is 2.94. The van der Waals surface area contributed by atoms with Gasteiger partial charge in [-0.25, -0.2) is 0 Å². The van der Waals surface area contributed by atoms with Gasteiger partial charge in [-0.1, -0.05) is 82.2 Å². The van der Waals surface area contributed by atoms with E-state index in [0.717, 1.165) is 31.2 Å². The Bertz CT molecular complexity index is 854. The number of unbranched alkanes of at least 4 members (excludes halogenated alkanes) is 7. The average molecular weight is 482 g/mol. The maximum absolute atomic E-state index is 12.2. The molecule has 0 aliphatic rings. The van der Waals surface area contributed by atoms with Crippen molar-refractivity contribution in [2.24, 2.45) is 0 Å². The number of benzene rings is 2. The molecule has 0 aliphatic heterocycles. The first-order valence-corrected chi connectivity index (χ1v) is 13.1. The molecule has 1 amide bonds. The minimum Gasteiger partial charge on any atom is -0.493 e. The van der Waals surface area contributed by atoms with Crippen LogP contribution in [0, 0.1) is 0 Å². The normalized spacial score (nSPS) is 10.9. The largest absolute Gasteiger partial charge is 0.493 e. The first kappa shape index (κ1) is 28.3. The monoisotopic (exact) mass is 481 g/mol. The topological polar surface area (TPSA) is 56.8 Å². The first-order chi connectivity index (χ1) is 17.2. The maximum Gasteiger partial charge on any atom is 0.243 e. The summed E-state index contributed by atoms with van der Waals surface area (Å²) in [5.41, 5.74) is 2.10. The lowest BCUT2D eigenvalue weighted by Crippen LogP contribution is -2.22. The van der Waals surface area contributed by atoms with Crippen LogP contribution >= 0.6 is 0 Å². The zero-order chi connectivity index (χ0) is 25.1. The van der Waals surface area contributed by atoms with Crippen LogP contribution in [0.3, 0.4) is 0 Å². The maximum atomic E-state index is 12.2. The van der Waals surface area contributed by atoms with Crippen LogP contribution in [0.15, 0.2) is 48.5 Å². The number of ether oxygens (including phenoxy) is 3. The van der Waals surface area contributed by atoms with Gasteiger partial charge in [0.2, 0.25) is 11.7 Å². The minimum absolute atomic E-state index is 0.119. The van der Waals surface area contributed by atoms with Gasteiger partial charge < -0.3 is 19.5 Å². The van der Waals surface area contributed by atoms with E-state index >= 15 is 0 Å². The molecular formula is C30H43NO4. The number of hydrogen-bond acceptors (Lipinski definition) is 4. The second-order valence-corrected chi connectivity index (χ2v) is 8.79. The third-order valence-electron chi connectivity index (χ3n) is 5.94. The number of nitrogens with one attached hydrogen (secondary N) is 1. The van der Waals surface area contributed by atoms with Gasteiger partial charge in [0.1, 0.15) is 0 Å². The molecule has 0 heterocycles. The van der Waals surface area contributed by atoms with Crippen LogP contribution in [0.25, 0.3) is 6.08 Å². The van der Waals surface area contributed by atoms with Crippen LogP contribution in [-0.4, -0.2) is 33.3 Å². The number of hydrogen-bond donors (Lipinski definition) is 1. The predicted molar refractivity (Wildman–Crippen MR) is 144 cm³/mol. The quantitative estimate of drug-likeness (QED) is 0.184. The molecule has 0 radical (unpaired) electrons.